The van der Waals surface area contributed by atoms with Gasteiger partial charge in [-0.05, 0) is 49.6 Å². The lowest BCUT2D eigenvalue weighted by Crippen LogP contribution is -2.29. The fraction of sp³-hybridized carbons (Fsp3) is 0.316. The Labute approximate surface area is 151 Å². The van der Waals surface area contributed by atoms with E-state index in [9.17, 15) is 4.79 Å². The summed E-state index contributed by atoms with van der Waals surface area (Å²) in [5.74, 6) is 0.0700. The van der Waals surface area contributed by atoms with E-state index in [1.54, 1.807) is 27.2 Å². The first-order valence-corrected chi connectivity index (χ1v) is 9.14. The van der Waals surface area contributed by atoms with E-state index in [1.165, 1.54) is 16.8 Å². The summed E-state index contributed by atoms with van der Waals surface area (Å²) < 4.78 is 1.71. The highest BCUT2D eigenvalue weighted by Crippen LogP contribution is 2.27. The molecule has 0 aliphatic rings. The van der Waals surface area contributed by atoms with Gasteiger partial charge in [-0.15, -0.1) is 11.3 Å². The minimum Gasteiger partial charge on any atom is -0.334 e. The molecule has 2 aromatic heterocycles. The van der Waals surface area contributed by atoms with Crippen molar-refractivity contribution in [3.8, 4) is 5.69 Å². The first kappa shape index (κ1) is 17.4. The Hall–Kier alpha value is -2.47. The third kappa shape index (κ3) is 3.49. The van der Waals surface area contributed by atoms with Crippen molar-refractivity contribution in [1.82, 2.24) is 19.7 Å². The van der Waals surface area contributed by atoms with Crippen LogP contribution in [0.4, 0.5) is 0 Å². The van der Waals surface area contributed by atoms with Crippen LogP contribution in [0.5, 0.6) is 0 Å². The van der Waals surface area contributed by atoms with Gasteiger partial charge in [0.15, 0.2) is 0 Å². The van der Waals surface area contributed by atoms with E-state index in [1.807, 2.05) is 44.3 Å². The number of carbonyl (C=O) groups excluding carboxylic acids is 1. The second kappa shape index (κ2) is 7.19. The molecule has 0 fully saturated rings. The van der Waals surface area contributed by atoms with Crippen LogP contribution in [0.3, 0.4) is 0 Å². The van der Waals surface area contributed by atoms with Crippen LogP contribution in [-0.4, -0.2) is 32.6 Å². The van der Waals surface area contributed by atoms with E-state index < -0.39 is 0 Å². The Balaban J connectivity index is 1.77. The number of aryl methyl sites for hydroxylation is 2. The predicted octanol–water partition coefficient (Wildman–Crippen LogP) is 4.03. The molecule has 25 heavy (non-hydrogen) atoms. The molecule has 3 aromatic rings. The lowest BCUT2D eigenvalue weighted by Gasteiger charge is -2.25. The number of benzene rings is 1. The molecule has 1 atom stereocenters. The van der Waals surface area contributed by atoms with Crippen molar-refractivity contribution in [3.05, 3.63) is 63.9 Å². The average molecular weight is 354 g/mol. The molecule has 0 bridgehead atoms. The molecule has 6 heteroatoms. The summed E-state index contributed by atoms with van der Waals surface area (Å²) in [7, 11) is 1.86. The number of hydrogen-bond donors (Lipinski definition) is 0. The monoisotopic (exact) mass is 354 g/mol. The Morgan fingerprint density at radius 1 is 1.32 bits per heavy atom. The molecule has 5 nitrogen and oxygen atoms in total. The summed E-state index contributed by atoms with van der Waals surface area (Å²) in [5.41, 5.74) is 3.29. The summed E-state index contributed by atoms with van der Waals surface area (Å²) in [5, 5.41) is 4.13. The highest BCUT2D eigenvalue weighted by molar-refractivity contribution is 7.14. The fourth-order valence-electron chi connectivity index (χ4n) is 2.80. The van der Waals surface area contributed by atoms with Gasteiger partial charge in [-0.25, -0.2) is 9.67 Å². The van der Waals surface area contributed by atoms with Crippen LogP contribution in [0.1, 0.15) is 45.6 Å². The van der Waals surface area contributed by atoms with Crippen molar-refractivity contribution in [2.24, 2.45) is 0 Å². The van der Waals surface area contributed by atoms with Crippen LogP contribution >= 0.6 is 11.3 Å². The van der Waals surface area contributed by atoms with Gasteiger partial charge in [0.1, 0.15) is 12.7 Å². The van der Waals surface area contributed by atoms with E-state index in [2.05, 4.69) is 23.9 Å². The Morgan fingerprint density at radius 3 is 2.60 bits per heavy atom. The van der Waals surface area contributed by atoms with Crippen molar-refractivity contribution in [2.45, 2.75) is 33.2 Å². The van der Waals surface area contributed by atoms with Gasteiger partial charge in [0.25, 0.3) is 5.91 Å². The Kier molecular flexibility index (Phi) is 4.99. The molecule has 2 heterocycles. The van der Waals surface area contributed by atoms with Gasteiger partial charge < -0.3 is 4.90 Å². The largest absolute Gasteiger partial charge is 0.334 e. The van der Waals surface area contributed by atoms with Gasteiger partial charge in [0, 0.05) is 11.9 Å². The molecule has 0 aliphatic heterocycles. The maximum absolute atomic E-state index is 12.8. The summed E-state index contributed by atoms with van der Waals surface area (Å²) in [6.45, 7) is 6.24. The van der Waals surface area contributed by atoms with Crippen LogP contribution < -0.4 is 0 Å². The van der Waals surface area contributed by atoms with Crippen LogP contribution in [0.2, 0.25) is 0 Å². The third-order valence-electron chi connectivity index (χ3n) is 4.57. The number of nitrogens with zero attached hydrogens (tertiary/aromatic N) is 4. The van der Waals surface area contributed by atoms with Crippen molar-refractivity contribution in [3.63, 3.8) is 0 Å². The summed E-state index contributed by atoms with van der Waals surface area (Å²) in [4.78, 5) is 20.6. The van der Waals surface area contributed by atoms with Crippen molar-refractivity contribution in [2.75, 3.05) is 7.05 Å². The smallest absolute Gasteiger partial charge is 0.264 e. The quantitative estimate of drug-likeness (QED) is 0.695. The Morgan fingerprint density at radius 2 is 2.04 bits per heavy atom. The average Bonchev–Trinajstić information content (AvgIpc) is 3.29. The molecule has 0 spiro atoms. The van der Waals surface area contributed by atoms with Crippen molar-refractivity contribution < 1.29 is 4.79 Å². The van der Waals surface area contributed by atoms with Crippen molar-refractivity contribution in [1.29, 1.82) is 0 Å². The molecule has 130 valence electrons. The second-order valence-corrected chi connectivity index (χ2v) is 7.33. The van der Waals surface area contributed by atoms with Gasteiger partial charge in [-0.2, -0.15) is 5.10 Å². The van der Waals surface area contributed by atoms with E-state index in [-0.39, 0.29) is 11.9 Å². The van der Waals surface area contributed by atoms with E-state index in [0.29, 0.717) is 0 Å². The number of rotatable bonds is 5. The maximum Gasteiger partial charge on any atom is 0.264 e. The number of carbonyl (C=O) groups is 1. The minimum atomic E-state index is -0.00946. The van der Waals surface area contributed by atoms with Gasteiger partial charge in [-0.3, -0.25) is 4.79 Å². The first-order valence-electron chi connectivity index (χ1n) is 8.32. The van der Waals surface area contributed by atoms with Gasteiger partial charge >= 0.3 is 0 Å². The SMILES string of the molecule is CCc1cc(C(=O)N(C)[C@H](C)c2ccc(-n3cncn3)cc2)sc1C. The fourth-order valence-corrected chi connectivity index (χ4v) is 3.89. The van der Waals surface area contributed by atoms with Crippen LogP contribution in [0, 0.1) is 6.92 Å². The summed E-state index contributed by atoms with van der Waals surface area (Å²) in [6, 6.07) is 10.1. The highest BCUT2D eigenvalue weighted by Gasteiger charge is 2.21. The molecule has 1 amide bonds. The first-order chi connectivity index (χ1) is 12.0. The topological polar surface area (TPSA) is 51.0 Å². The molecular formula is C19H22N4OS. The van der Waals surface area contributed by atoms with Crippen molar-refractivity contribution >= 4 is 17.2 Å². The number of aromatic nitrogens is 3. The van der Waals surface area contributed by atoms with Crippen LogP contribution in [-0.2, 0) is 6.42 Å². The molecule has 0 aliphatic carbocycles. The number of amides is 1. The van der Waals surface area contributed by atoms with Gasteiger partial charge in [-0.1, -0.05) is 19.1 Å². The zero-order valence-electron chi connectivity index (χ0n) is 14.9. The van der Waals surface area contributed by atoms with Crippen LogP contribution in [0.15, 0.2) is 43.0 Å². The normalized spacial score (nSPS) is 12.2. The lowest BCUT2D eigenvalue weighted by atomic mass is 10.1. The van der Waals surface area contributed by atoms with E-state index in [4.69, 9.17) is 0 Å². The maximum atomic E-state index is 12.8. The van der Waals surface area contributed by atoms with Gasteiger partial charge in [0.05, 0.1) is 16.6 Å². The third-order valence-corrected chi connectivity index (χ3v) is 5.65. The second-order valence-electron chi connectivity index (χ2n) is 6.07. The molecule has 3 rings (SSSR count). The Bertz CT molecular complexity index is 852. The van der Waals surface area contributed by atoms with E-state index in [0.717, 1.165) is 22.5 Å². The van der Waals surface area contributed by atoms with E-state index >= 15 is 0 Å². The zero-order chi connectivity index (χ0) is 18.0. The standard InChI is InChI=1S/C19H22N4OS/c1-5-15-10-18(25-14(15)3)19(24)22(4)13(2)16-6-8-17(9-7-16)23-12-20-11-21-23/h6-13H,5H2,1-4H3/t13-/m1/s1. The predicted molar refractivity (Wildman–Crippen MR) is 100 cm³/mol. The zero-order valence-corrected chi connectivity index (χ0v) is 15.7. The number of thiophene rings is 1. The molecule has 0 saturated heterocycles. The van der Waals surface area contributed by atoms with Gasteiger partial charge in [0.2, 0.25) is 0 Å². The highest BCUT2D eigenvalue weighted by atomic mass is 32.1. The van der Waals surface area contributed by atoms with Crippen LogP contribution in [0.25, 0.3) is 5.69 Å². The summed E-state index contributed by atoms with van der Waals surface area (Å²) in [6.07, 6.45) is 4.13. The molecule has 1 aromatic carbocycles. The summed E-state index contributed by atoms with van der Waals surface area (Å²) >= 11 is 1.58. The molecular weight excluding hydrogens is 332 g/mol. The molecule has 0 unspecified atom stereocenters. The molecule has 0 radical (unpaired) electrons. The minimum absolute atomic E-state index is 0.00946. The molecule has 0 N–H and O–H groups in total. The lowest BCUT2D eigenvalue weighted by molar-refractivity contribution is 0.0747. The number of hydrogen-bond acceptors (Lipinski definition) is 4. The molecule has 0 saturated carbocycles.